The number of thioether (sulfide) groups is 1. The van der Waals surface area contributed by atoms with E-state index in [0.717, 1.165) is 22.3 Å². The van der Waals surface area contributed by atoms with Crippen molar-refractivity contribution in [1.82, 2.24) is 9.80 Å². The Kier molecular flexibility index (Phi) is 7.26. The number of carbonyl (C=O) groups is 4. The number of hydrogen-bond donors (Lipinski definition) is 1. The van der Waals surface area contributed by atoms with Crippen molar-refractivity contribution in [2.75, 3.05) is 37.6 Å². The summed E-state index contributed by atoms with van der Waals surface area (Å²) < 4.78 is 5.77. The summed E-state index contributed by atoms with van der Waals surface area (Å²) in [6, 6.07) is 17.6. The molecule has 2 aliphatic heterocycles. The number of furan rings is 1. The van der Waals surface area contributed by atoms with Gasteiger partial charge in [0.1, 0.15) is 18.1 Å². The minimum Gasteiger partial charge on any atom is -0.478 e. The third-order valence-electron chi connectivity index (χ3n) is 6.30. The minimum atomic E-state index is -1.13. The number of halogens is 1. The number of aromatic carboxylic acids is 1. The van der Waals surface area contributed by atoms with Gasteiger partial charge in [-0.05, 0) is 48.2 Å². The number of nitrogens with zero attached hydrogens (tertiary/aromatic N) is 3. The lowest BCUT2D eigenvalue weighted by atomic mass is 10.1. The van der Waals surface area contributed by atoms with Gasteiger partial charge in [-0.25, -0.2) is 4.79 Å². The molecular formula is C27H22ClN3O6S. The van der Waals surface area contributed by atoms with Gasteiger partial charge in [0.05, 0.1) is 15.5 Å². The van der Waals surface area contributed by atoms with Crippen LogP contribution in [0.3, 0.4) is 0 Å². The summed E-state index contributed by atoms with van der Waals surface area (Å²) in [6.07, 6.45) is 1.45. The molecule has 2 aromatic carbocycles. The highest BCUT2D eigenvalue weighted by Gasteiger charge is 2.37. The molecule has 5 rings (SSSR count). The van der Waals surface area contributed by atoms with E-state index in [2.05, 4.69) is 4.90 Å². The Bertz CT molecular complexity index is 1450. The second-order valence-corrected chi connectivity index (χ2v) is 10.1. The molecule has 2 aliphatic rings. The van der Waals surface area contributed by atoms with Gasteiger partial charge in [-0.2, -0.15) is 0 Å². The minimum absolute atomic E-state index is 0.0245. The average molecular weight is 552 g/mol. The quantitative estimate of drug-likeness (QED) is 0.439. The fourth-order valence-corrected chi connectivity index (χ4v) is 5.36. The Balaban J connectivity index is 1.21. The van der Waals surface area contributed by atoms with Crippen LogP contribution in [-0.2, 0) is 9.59 Å². The lowest BCUT2D eigenvalue weighted by Gasteiger charge is -2.36. The number of rotatable bonds is 6. The van der Waals surface area contributed by atoms with E-state index in [1.807, 2.05) is 30.3 Å². The number of carboxylic acids is 1. The van der Waals surface area contributed by atoms with Crippen LogP contribution >= 0.6 is 23.4 Å². The van der Waals surface area contributed by atoms with Gasteiger partial charge < -0.3 is 19.3 Å². The van der Waals surface area contributed by atoms with Gasteiger partial charge in [-0.15, -0.1) is 0 Å². The van der Waals surface area contributed by atoms with Crippen molar-refractivity contribution in [1.29, 1.82) is 0 Å². The summed E-state index contributed by atoms with van der Waals surface area (Å²) in [4.78, 5) is 54.5. The van der Waals surface area contributed by atoms with Crippen molar-refractivity contribution < 1.29 is 28.7 Å². The number of benzene rings is 2. The normalized spacial score (nSPS) is 17.0. The van der Waals surface area contributed by atoms with Gasteiger partial charge in [0.2, 0.25) is 5.91 Å². The maximum Gasteiger partial charge on any atom is 0.337 e. The largest absolute Gasteiger partial charge is 0.478 e. The Morgan fingerprint density at radius 2 is 1.74 bits per heavy atom. The highest BCUT2D eigenvalue weighted by Crippen LogP contribution is 2.34. The Morgan fingerprint density at radius 1 is 1.00 bits per heavy atom. The molecule has 0 bridgehead atoms. The van der Waals surface area contributed by atoms with E-state index in [0.29, 0.717) is 43.3 Å². The van der Waals surface area contributed by atoms with E-state index in [4.69, 9.17) is 21.1 Å². The average Bonchev–Trinajstić information content (AvgIpc) is 3.49. The number of para-hydroxylation sites is 1. The first-order chi connectivity index (χ1) is 18.3. The van der Waals surface area contributed by atoms with Crippen LogP contribution in [0.5, 0.6) is 0 Å². The summed E-state index contributed by atoms with van der Waals surface area (Å²) in [6.45, 7) is 2.04. The zero-order valence-corrected chi connectivity index (χ0v) is 21.6. The Hall–Kier alpha value is -4.02. The summed E-state index contributed by atoms with van der Waals surface area (Å²) in [5.74, 6) is -1.22. The first kappa shape index (κ1) is 25.6. The number of hydrogen-bond acceptors (Lipinski definition) is 7. The van der Waals surface area contributed by atoms with Gasteiger partial charge in [-0.3, -0.25) is 19.3 Å². The smallest absolute Gasteiger partial charge is 0.337 e. The van der Waals surface area contributed by atoms with E-state index in [-0.39, 0.29) is 27.9 Å². The van der Waals surface area contributed by atoms with Crippen LogP contribution < -0.4 is 4.90 Å². The van der Waals surface area contributed by atoms with Crippen molar-refractivity contribution in [3.8, 4) is 11.3 Å². The van der Waals surface area contributed by atoms with E-state index in [1.54, 1.807) is 23.1 Å². The van der Waals surface area contributed by atoms with Gasteiger partial charge in [0, 0.05) is 43.5 Å². The standard InChI is InChI=1S/C27H22ClN3O6S/c28-21-14-17(6-8-20(21)26(34)35)22-9-7-19(37-22)15-23-25(33)31(27(36)38-23)16-24(32)30-12-10-29(11-13-30)18-4-2-1-3-5-18/h1-9,14-15H,10-13,16H2,(H,34,35)/b23-15-. The molecule has 38 heavy (non-hydrogen) atoms. The summed E-state index contributed by atoms with van der Waals surface area (Å²) in [5, 5.41) is 8.69. The predicted molar refractivity (Wildman–Crippen MR) is 144 cm³/mol. The van der Waals surface area contributed by atoms with Gasteiger partial charge in [0.25, 0.3) is 11.1 Å². The number of piperazine rings is 1. The molecule has 0 unspecified atom stereocenters. The maximum absolute atomic E-state index is 12.9. The summed E-state index contributed by atoms with van der Waals surface area (Å²) in [7, 11) is 0. The molecule has 0 atom stereocenters. The van der Waals surface area contributed by atoms with Crippen molar-refractivity contribution in [3.05, 3.63) is 81.9 Å². The zero-order chi connectivity index (χ0) is 26.8. The van der Waals surface area contributed by atoms with Crippen LogP contribution in [0.25, 0.3) is 17.4 Å². The second-order valence-electron chi connectivity index (χ2n) is 8.67. The molecule has 194 valence electrons. The van der Waals surface area contributed by atoms with Crippen LogP contribution in [0.1, 0.15) is 16.1 Å². The molecule has 11 heteroatoms. The van der Waals surface area contributed by atoms with Crippen LogP contribution in [0.2, 0.25) is 5.02 Å². The summed E-state index contributed by atoms with van der Waals surface area (Å²) >= 11 is 6.79. The second kappa shape index (κ2) is 10.8. The van der Waals surface area contributed by atoms with Crippen molar-refractivity contribution in [2.45, 2.75) is 0 Å². The zero-order valence-electron chi connectivity index (χ0n) is 20.0. The highest BCUT2D eigenvalue weighted by molar-refractivity contribution is 8.18. The predicted octanol–water partition coefficient (Wildman–Crippen LogP) is 4.68. The maximum atomic E-state index is 12.9. The van der Waals surface area contributed by atoms with E-state index >= 15 is 0 Å². The van der Waals surface area contributed by atoms with Crippen LogP contribution in [0.4, 0.5) is 10.5 Å². The molecule has 2 saturated heterocycles. The van der Waals surface area contributed by atoms with Gasteiger partial charge >= 0.3 is 5.97 Å². The van der Waals surface area contributed by atoms with E-state index in [9.17, 15) is 19.2 Å². The molecule has 3 aromatic rings. The molecule has 9 nitrogen and oxygen atoms in total. The fourth-order valence-electron chi connectivity index (χ4n) is 4.28. The number of anilines is 1. The molecule has 1 N–H and O–H groups in total. The lowest BCUT2D eigenvalue weighted by molar-refractivity contribution is -0.136. The van der Waals surface area contributed by atoms with E-state index < -0.39 is 17.1 Å². The third kappa shape index (κ3) is 5.32. The summed E-state index contributed by atoms with van der Waals surface area (Å²) in [5.41, 5.74) is 1.63. The molecule has 2 fully saturated rings. The van der Waals surface area contributed by atoms with Crippen LogP contribution in [0.15, 0.2) is 70.0 Å². The molecule has 1 aromatic heterocycles. The number of imide groups is 1. The van der Waals surface area contributed by atoms with E-state index in [1.165, 1.54) is 18.2 Å². The lowest BCUT2D eigenvalue weighted by Crippen LogP contribution is -2.51. The Morgan fingerprint density at radius 3 is 2.42 bits per heavy atom. The first-order valence-corrected chi connectivity index (χ1v) is 13.0. The SMILES string of the molecule is O=C(O)c1ccc(-c2ccc(/C=C3\SC(=O)N(CC(=O)N4CCN(c5ccccc5)CC4)C3=O)o2)cc1Cl. The van der Waals surface area contributed by atoms with Crippen LogP contribution in [0, 0.1) is 0 Å². The number of carbonyl (C=O) groups excluding carboxylic acids is 3. The van der Waals surface area contributed by atoms with Crippen LogP contribution in [-0.4, -0.2) is 70.7 Å². The molecule has 0 spiro atoms. The molecule has 0 saturated carbocycles. The number of amides is 3. The van der Waals surface area contributed by atoms with Gasteiger partial charge in [-0.1, -0.05) is 35.9 Å². The molecule has 3 heterocycles. The molecule has 3 amide bonds. The molecule has 0 radical (unpaired) electrons. The Labute approximate surface area is 227 Å². The van der Waals surface area contributed by atoms with Crippen molar-refractivity contribution in [2.24, 2.45) is 0 Å². The first-order valence-electron chi connectivity index (χ1n) is 11.8. The molecular weight excluding hydrogens is 530 g/mol. The highest BCUT2D eigenvalue weighted by atomic mass is 35.5. The van der Waals surface area contributed by atoms with Gasteiger partial charge in [0.15, 0.2) is 0 Å². The number of carboxylic acid groups (broad SMARTS) is 1. The van der Waals surface area contributed by atoms with Crippen molar-refractivity contribution >= 4 is 58.1 Å². The topological polar surface area (TPSA) is 111 Å². The monoisotopic (exact) mass is 551 g/mol. The third-order valence-corrected chi connectivity index (χ3v) is 7.52. The van der Waals surface area contributed by atoms with Crippen molar-refractivity contribution in [3.63, 3.8) is 0 Å². The molecule has 0 aliphatic carbocycles. The fraction of sp³-hybridized carbons (Fsp3) is 0.185.